The van der Waals surface area contributed by atoms with Crippen LogP contribution >= 0.6 is 0 Å². The number of carbonyl (C=O) groups is 1. The maximum Gasteiger partial charge on any atom is 0.166 e. The first kappa shape index (κ1) is 10.6. The maximum absolute atomic E-state index is 11.1. The van der Waals surface area contributed by atoms with Crippen LogP contribution in [-0.4, -0.2) is 26.3 Å². The molecule has 0 aromatic rings. The van der Waals surface area contributed by atoms with E-state index in [0.717, 1.165) is 0 Å². The van der Waals surface area contributed by atoms with E-state index in [1.54, 1.807) is 0 Å². The fourth-order valence-electron chi connectivity index (χ4n) is 0.978. The molecule has 3 heteroatoms. The number of ketones is 1. The number of carbonyl (C=O) groups excluding carboxylic acids is 1. The van der Waals surface area contributed by atoms with Crippen LogP contribution in [0.3, 0.4) is 0 Å². The monoisotopic (exact) mass is 160 g/mol. The zero-order valence-electron chi connectivity index (χ0n) is 7.59. The van der Waals surface area contributed by atoms with Crippen LogP contribution in [0.25, 0.3) is 0 Å². The second-order valence-corrected chi connectivity index (χ2v) is 2.45. The molecule has 0 aromatic carbocycles. The van der Waals surface area contributed by atoms with Crippen molar-refractivity contribution in [3.63, 3.8) is 0 Å². The lowest BCUT2D eigenvalue weighted by atomic mass is 10.0. The van der Waals surface area contributed by atoms with Crippen molar-refractivity contribution in [3.8, 4) is 0 Å². The van der Waals surface area contributed by atoms with Crippen LogP contribution in [0.5, 0.6) is 0 Å². The molecule has 0 fully saturated rings. The van der Waals surface area contributed by atoms with E-state index in [4.69, 9.17) is 9.47 Å². The summed E-state index contributed by atoms with van der Waals surface area (Å²) in [6.07, 6.45) is 0.132. The molecule has 66 valence electrons. The largest absolute Gasteiger partial charge is 0.355 e. The second kappa shape index (κ2) is 5.27. The molecule has 0 aliphatic carbocycles. The van der Waals surface area contributed by atoms with E-state index in [2.05, 4.69) is 0 Å². The molecular weight excluding hydrogens is 144 g/mol. The van der Waals surface area contributed by atoms with E-state index in [9.17, 15) is 4.79 Å². The van der Waals surface area contributed by atoms with E-state index >= 15 is 0 Å². The van der Waals surface area contributed by atoms with Crippen molar-refractivity contribution in [1.82, 2.24) is 0 Å². The van der Waals surface area contributed by atoms with Crippen LogP contribution in [0.2, 0.25) is 0 Å². The summed E-state index contributed by atoms with van der Waals surface area (Å²) in [6, 6.07) is 0. The minimum atomic E-state index is -0.401. The number of methoxy groups -OCH3 is 2. The Morgan fingerprint density at radius 2 is 1.82 bits per heavy atom. The summed E-state index contributed by atoms with van der Waals surface area (Å²) < 4.78 is 9.88. The standard InChI is InChI=1S/C8H16O3/c1-5-7(9)6(2)8(10-3)11-4/h6,8H,5H2,1-4H3. The van der Waals surface area contributed by atoms with Gasteiger partial charge < -0.3 is 9.47 Å². The predicted molar refractivity (Wildman–Crippen MR) is 42.3 cm³/mol. The summed E-state index contributed by atoms with van der Waals surface area (Å²) in [5.41, 5.74) is 0. The number of rotatable bonds is 5. The molecule has 0 aliphatic rings. The van der Waals surface area contributed by atoms with Crippen molar-refractivity contribution in [2.45, 2.75) is 26.6 Å². The van der Waals surface area contributed by atoms with Crippen molar-refractivity contribution in [3.05, 3.63) is 0 Å². The molecule has 0 heterocycles. The normalized spacial score (nSPS) is 13.5. The number of Topliss-reactive ketones (excluding diaryl/α,β-unsaturated/α-hetero) is 1. The first-order valence-electron chi connectivity index (χ1n) is 3.75. The van der Waals surface area contributed by atoms with Gasteiger partial charge in [-0.05, 0) is 0 Å². The smallest absolute Gasteiger partial charge is 0.166 e. The van der Waals surface area contributed by atoms with Gasteiger partial charge in [0.2, 0.25) is 0 Å². The molecule has 0 amide bonds. The molecule has 0 spiro atoms. The van der Waals surface area contributed by atoms with Crippen LogP contribution in [0.15, 0.2) is 0 Å². The van der Waals surface area contributed by atoms with Gasteiger partial charge in [-0.2, -0.15) is 0 Å². The highest BCUT2D eigenvalue weighted by Crippen LogP contribution is 2.09. The Kier molecular flexibility index (Phi) is 5.07. The first-order valence-corrected chi connectivity index (χ1v) is 3.75. The van der Waals surface area contributed by atoms with Gasteiger partial charge in [0.05, 0.1) is 5.92 Å². The van der Waals surface area contributed by atoms with Crippen LogP contribution in [0, 0.1) is 5.92 Å². The van der Waals surface area contributed by atoms with Crippen molar-refractivity contribution >= 4 is 5.78 Å². The lowest BCUT2D eigenvalue weighted by Crippen LogP contribution is -2.28. The Morgan fingerprint density at radius 1 is 1.36 bits per heavy atom. The molecule has 0 bridgehead atoms. The molecule has 3 nitrogen and oxygen atoms in total. The quantitative estimate of drug-likeness (QED) is 0.567. The zero-order valence-corrected chi connectivity index (χ0v) is 7.59. The van der Waals surface area contributed by atoms with Crippen molar-refractivity contribution in [2.24, 2.45) is 5.92 Å². The Morgan fingerprint density at radius 3 is 2.09 bits per heavy atom. The lowest BCUT2D eigenvalue weighted by molar-refractivity contribution is -0.153. The highest BCUT2D eigenvalue weighted by atomic mass is 16.7. The van der Waals surface area contributed by atoms with Gasteiger partial charge in [0.15, 0.2) is 6.29 Å². The van der Waals surface area contributed by atoms with Gasteiger partial charge in [-0.3, -0.25) is 4.79 Å². The molecule has 0 saturated heterocycles. The first-order chi connectivity index (χ1) is 5.17. The van der Waals surface area contributed by atoms with Gasteiger partial charge in [-0.25, -0.2) is 0 Å². The van der Waals surface area contributed by atoms with E-state index in [1.807, 2.05) is 13.8 Å². The molecule has 1 atom stereocenters. The lowest BCUT2D eigenvalue weighted by Gasteiger charge is -2.18. The van der Waals surface area contributed by atoms with Gasteiger partial charge in [0.25, 0.3) is 0 Å². The zero-order chi connectivity index (χ0) is 8.85. The summed E-state index contributed by atoms with van der Waals surface area (Å²) in [4.78, 5) is 11.1. The summed E-state index contributed by atoms with van der Waals surface area (Å²) in [7, 11) is 3.07. The topological polar surface area (TPSA) is 35.5 Å². The third-order valence-corrected chi connectivity index (χ3v) is 1.73. The van der Waals surface area contributed by atoms with Gasteiger partial charge in [0, 0.05) is 20.6 Å². The van der Waals surface area contributed by atoms with Crippen molar-refractivity contribution < 1.29 is 14.3 Å². The molecule has 1 unspecified atom stereocenters. The van der Waals surface area contributed by atoms with Gasteiger partial charge in [-0.1, -0.05) is 13.8 Å². The average molecular weight is 160 g/mol. The predicted octanol–water partition coefficient (Wildman–Crippen LogP) is 1.22. The number of ether oxygens (including phenoxy) is 2. The summed E-state index contributed by atoms with van der Waals surface area (Å²) >= 11 is 0. The van der Waals surface area contributed by atoms with Crippen LogP contribution in [0.4, 0.5) is 0 Å². The van der Waals surface area contributed by atoms with E-state index in [-0.39, 0.29) is 11.7 Å². The van der Waals surface area contributed by atoms with Crippen LogP contribution in [0.1, 0.15) is 20.3 Å². The minimum Gasteiger partial charge on any atom is -0.355 e. The molecule has 0 aliphatic heterocycles. The highest BCUT2D eigenvalue weighted by Gasteiger charge is 2.21. The third kappa shape index (κ3) is 2.99. The minimum absolute atomic E-state index is 0.165. The molecular formula is C8H16O3. The third-order valence-electron chi connectivity index (χ3n) is 1.73. The molecule has 0 rings (SSSR count). The van der Waals surface area contributed by atoms with Crippen molar-refractivity contribution in [2.75, 3.05) is 14.2 Å². The summed E-state index contributed by atoms with van der Waals surface area (Å²) in [5, 5.41) is 0. The molecule has 0 saturated carbocycles. The SMILES string of the molecule is CCC(=O)C(C)C(OC)OC. The van der Waals surface area contributed by atoms with E-state index in [1.165, 1.54) is 14.2 Å². The van der Waals surface area contributed by atoms with Gasteiger partial charge in [-0.15, -0.1) is 0 Å². The van der Waals surface area contributed by atoms with E-state index in [0.29, 0.717) is 6.42 Å². The molecule has 0 radical (unpaired) electrons. The Bertz CT molecular complexity index is 119. The van der Waals surface area contributed by atoms with Crippen molar-refractivity contribution in [1.29, 1.82) is 0 Å². The Balaban J connectivity index is 3.97. The van der Waals surface area contributed by atoms with E-state index < -0.39 is 6.29 Å². The molecule has 0 aromatic heterocycles. The average Bonchev–Trinajstić information content (AvgIpc) is 2.05. The number of hydrogen-bond donors (Lipinski definition) is 0. The number of hydrogen-bond acceptors (Lipinski definition) is 3. The van der Waals surface area contributed by atoms with Crippen LogP contribution in [-0.2, 0) is 14.3 Å². The summed E-state index contributed by atoms with van der Waals surface area (Å²) in [5.74, 6) is -0.00583. The second-order valence-electron chi connectivity index (χ2n) is 2.45. The maximum atomic E-state index is 11.1. The van der Waals surface area contributed by atoms with Crippen LogP contribution < -0.4 is 0 Å². The van der Waals surface area contributed by atoms with Gasteiger partial charge >= 0.3 is 0 Å². The fraction of sp³-hybridized carbons (Fsp3) is 0.875. The summed E-state index contributed by atoms with van der Waals surface area (Å²) in [6.45, 7) is 3.64. The highest BCUT2D eigenvalue weighted by molar-refractivity contribution is 5.80. The molecule has 0 N–H and O–H groups in total. The molecule has 11 heavy (non-hydrogen) atoms. The Labute approximate surface area is 67.7 Å². The fourth-order valence-corrected chi connectivity index (χ4v) is 0.978. The Hall–Kier alpha value is -0.410. The van der Waals surface area contributed by atoms with Gasteiger partial charge in [0.1, 0.15) is 5.78 Å².